The molecule has 1 rings (SSSR count). The summed E-state index contributed by atoms with van der Waals surface area (Å²) in [6, 6.07) is 6.71. The fourth-order valence-electron chi connectivity index (χ4n) is 2.44. The van der Waals surface area contributed by atoms with Crippen molar-refractivity contribution >= 4 is 26.2 Å². The third-order valence-corrected chi connectivity index (χ3v) is 11.1. The highest BCUT2D eigenvalue weighted by Crippen LogP contribution is 2.57. The van der Waals surface area contributed by atoms with Crippen LogP contribution in [0.3, 0.4) is 0 Å². The Hall–Kier alpha value is -0.850. The number of carbonyl (C=O) groups excluding carboxylic acids is 1. The van der Waals surface area contributed by atoms with Gasteiger partial charge < -0.3 is 0 Å². The van der Waals surface area contributed by atoms with Gasteiger partial charge in [0.05, 0.1) is 5.75 Å². The van der Waals surface area contributed by atoms with Crippen molar-refractivity contribution in [3.05, 3.63) is 29.8 Å². The molecule has 1 aromatic carbocycles. The van der Waals surface area contributed by atoms with E-state index in [2.05, 4.69) is 3.63 Å². The third-order valence-electron chi connectivity index (χ3n) is 4.39. The van der Waals surface area contributed by atoms with Crippen molar-refractivity contribution in [2.45, 2.75) is 70.8 Å². The molecule has 25 heavy (non-hydrogen) atoms. The topological polar surface area (TPSA) is 64.0 Å². The van der Waals surface area contributed by atoms with Gasteiger partial charge in [-0.15, -0.1) is 8.42 Å². The van der Waals surface area contributed by atoms with Gasteiger partial charge in [-0.2, -0.15) is 0 Å². The van der Waals surface area contributed by atoms with Crippen molar-refractivity contribution < 1.29 is 16.8 Å². The van der Waals surface area contributed by atoms with Gasteiger partial charge in [0.1, 0.15) is 4.90 Å². The second-order valence-electron chi connectivity index (χ2n) is 8.09. The number of rotatable bonds is 7. The van der Waals surface area contributed by atoms with E-state index >= 15 is 0 Å². The smallest absolute Gasteiger partial charge is 0.298 e. The van der Waals surface area contributed by atoms with Crippen LogP contribution < -0.4 is 0 Å². The van der Waals surface area contributed by atoms with Crippen LogP contribution in [0.1, 0.15) is 54.0 Å². The van der Waals surface area contributed by atoms with Gasteiger partial charge in [-0.3, -0.25) is 8.42 Å². The zero-order valence-electron chi connectivity index (χ0n) is 16.7. The highest BCUT2D eigenvalue weighted by atomic mass is 32.3. The van der Waals surface area contributed by atoms with Crippen LogP contribution in [0.25, 0.3) is 0 Å². The monoisotopic (exact) mass is 389 g/mol. The molecule has 0 saturated carbocycles. The summed E-state index contributed by atoms with van der Waals surface area (Å²) in [6.07, 6.45) is 0. The summed E-state index contributed by atoms with van der Waals surface area (Å²) in [5, 5.41) is -0.00181. The summed E-state index contributed by atoms with van der Waals surface area (Å²) < 4.78 is 30.3. The zero-order valence-corrected chi connectivity index (χ0v) is 18.3. The van der Waals surface area contributed by atoms with E-state index < -0.39 is 25.8 Å². The van der Waals surface area contributed by atoms with Crippen molar-refractivity contribution in [1.82, 2.24) is 0 Å². The van der Waals surface area contributed by atoms with E-state index in [0.717, 1.165) is 5.56 Å². The maximum absolute atomic E-state index is 12.9. The summed E-state index contributed by atoms with van der Waals surface area (Å²) in [5.41, 5.74) is 0.485. The van der Waals surface area contributed by atoms with Gasteiger partial charge in [-0.05, 0) is 57.1 Å². The van der Waals surface area contributed by atoms with Gasteiger partial charge in [0.25, 0.3) is 0 Å². The van der Waals surface area contributed by atoms with E-state index in [1.165, 1.54) is 0 Å². The lowest BCUT2D eigenvalue weighted by Crippen LogP contribution is -2.37. The summed E-state index contributed by atoms with van der Waals surface area (Å²) in [7, 11) is -5.85. The van der Waals surface area contributed by atoms with E-state index in [4.69, 9.17) is 0 Å². The van der Waals surface area contributed by atoms with Crippen LogP contribution in [0.4, 0.5) is 0 Å². The minimum absolute atomic E-state index is 0.000904. The Kier molecular flexibility index (Phi) is 6.93. The van der Waals surface area contributed by atoms with Crippen molar-refractivity contribution in [1.29, 1.82) is 0 Å². The number of hydrogen-bond acceptors (Lipinski definition) is 3. The molecular weight excluding hydrogens is 356 g/mol. The quantitative estimate of drug-likeness (QED) is 0.490. The average molecular weight is 390 g/mol. The van der Waals surface area contributed by atoms with Crippen LogP contribution in [-0.4, -0.2) is 34.1 Å². The van der Waals surface area contributed by atoms with E-state index in [1.54, 1.807) is 24.3 Å². The van der Waals surface area contributed by atoms with Crippen LogP contribution >= 0.6 is 10.3 Å². The van der Waals surface area contributed by atoms with Crippen LogP contribution in [0.2, 0.25) is 0 Å². The van der Waals surface area contributed by atoms with Crippen LogP contribution in [0.15, 0.2) is 29.2 Å². The summed E-state index contributed by atoms with van der Waals surface area (Å²) >= 11 is 0. The predicted molar refractivity (Wildman–Crippen MR) is 108 cm³/mol. The molecule has 0 heterocycles. The molecule has 0 aliphatic carbocycles. The van der Waals surface area contributed by atoms with E-state index in [0.29, 0.717) is 0 Å². The SMILES string of the molecule is Cc1ccc(S(=O)(=O)[OH+]S(CC(=O)C(C)(C)C)(C(C)C)C(C)C)cc1. The molecule has 0 aromatic heterocycles. The van der Waals surface area contributed by atoms with Crippen LogP contribution in [-0.2, 0) is 14.9 Å². The standard InChI is InChI=1S/C19H32O4S2/c1-14(2)24(15(3)4,13-18(20)19(6,7)8)23-25(21,22)17-11-9-16(5)10-12-17/h9-12,14-15H,13H2,1-8H3/p+1. The maximum Gasteiger partial charge on any atom is 0.421 e. The Morgan fingerprint density at radius 2 is 1.44 bits per heavy atom. The molecule has 0 atom stereocenters. The van der Waals surface area contributed by atoms with Crippen molar-refractivity contribution in [2.24, 2.45) is 5.41 Å². The van der Waals surface area contributed by atoms with E-state index in [1.807, 2.05) is 55.4 Å². The first-order valence-electron chi connectivity index (χ1n) is 8.60. The lowest BCUT2D eigenvalue weighted by molar-refractivity contribution is -0.123. The molecule has 0 spiro atoms. The molecule has 0 fully saturated rings. The second kappa shape index (κ2) is 7.80. The lowest BCUT2D eigenvalue weighted by atomic mass is 9.92. The first-order valence-corrected chi connectivity index (χ1v) is 11.9. The molecular formula is C19H33O4S2+. The molecule has 0 saturated heterocycles. The van der Waals surface area contributed by atoms with Gasteiger partial charge in [-0.25, -0.2) is 0 Å². The fraction of sp³-hybridized carbons (Fsp3) is 0.632. The molecule has 6 heteroatoms. The highest BCUT2D eigenvalue weighted by molar-refractivity contribution is 8.33. The lowest BCUT2D eigenvalue weighted by Gasteiger charge is -2.41. The molecule has 0 bridgehead atoms. The number of carbonyl (C=O) groups is 1. The Labute approximate surface area is 155 Å². The molecule has 0 radical (unpaired) electrons. The molecule has 0 aliphatic heterocycles. The minimum Gasteiger partial charge on any atom is -0.298 e. The molecule has 0 amide bonds. The number of ketones is 1. The molecule has 144 valence electrons. The van der Waals surface area contributed by atoms with Gasteiger partial charge in [0, 0.05) is 15.9 Å². The molecule has 0 aliphatic rings. The minimum atomic E-state index is -3.81. The summed E-state index contributed by atoms with van der Waals surface area (Å²) in [5.74, 6) is 0.268. The Morgan fingerprint density at radius 1 is 1.00 bits per heavy atom. The molecule has 0 unspecified atom stereocenters. The zero-order chi connectivity index (χ0) is 19.6. The Balaban J connectivity index is 3.33. The van der Waals surface area contributed by atoms with Crippen molar-refractivity contribution in [3.8, 4) is 0 Å². The number of Topliss-reactive ketones (excluding diaryl/α,β-unsaturated/α-hetero) is 1. The third kappa shape index (κ3) is 5.31. The highest BCUT2D eigenvalue weighted by Gasteiger charge is 2.46. The number of aryl methyl sites for hydroxylation is 1. The Morgan fingerprint density at radius 3 is 1.80 bits per heavy atom. The second-order valence-corrected chi connectivity index (χ2v) is 13.9. The normalized spacial score (nSPS) is 14.2. The van der Waals surface area contributed by atoms with Gasteiger partial charge in [0.15, 0.2) is 5.78 Å². The number of hydrogen-bond donors (Lipinski definition) is 0. The van der Waals surface area contributed by atoms with Crippen molar-refractivity contribution in [2.75, 3.05) is 5.75 Å². The maximum atomic E-state index is 12.9. The molecule has 4 nitrogen and oxygen atoms in total. The molecule has 1 N–H and O–H groups in total. The van der Waals surface area contributed by atoms with E-state index in [-0.39, 0.29) is 26.9 Å². The first-order chi connectivity index (χ1) is 11.2. The molecule has 1 aromatic rings. The number of benzene rings is 1. The summed E-state index contributed by atoms with van der Waals surface area (Å²) in [6.45, 7) is 15.4. The van der Waals surface area contributed by atoms with Crippen molar-refractivity contribution in [3.63, 3.8) is 0 Å². The van der Waals surface area contributed by atoms with Gasteiger partial charge in [0.2, 0.25) is 0 Å². The predicted octanol–water partition coefficient (Wildman–Crippen LogP) is 4.93. The van der Waals surface area contributed by atoms with Crippen LogP contribution in [0, 0.1) is 12.3 Å². The largest absolute Gasteiger partial charge is 0.421 e. The summed E-state index contributed by atoms with van der Waals surface area (Å²) in [4.78, 5) is 12.9. The van der Waals surface area contributed by atoms with Crippen LogP contribution in [0.5, 0.6) is 0 Å². The first kappa shape index (κ1) is 22.2. The average Bonchev–Trinajstić information content (AvgIpc) is 2.45. The fourth-order valence-corrected chi connectivity index (χ4v) is 8.92. The van der Waals surface area contributed by atoms with Gasteiger partial charge >= 0.3 is 10.1 Å². The van der Waals surface area contributed by atoms with Gasteiger partial charge in [-0.1, -0.05) is 38.5 Å². The Bertz CT molecular complexity index is 688. The van der Waals surface area contributed by atoms with E-state index in [9.17, 15) is 13.2 Å².